The molecule has 5 rings (SSSR count). The number of aromatic nitrogens is 2. The molecule has 1 saturated heterocycles. The van der Waals surface area contributed by atoms with Crippen LogP contribution in [0, 0.1) is 17.0 Å². The second-order valence-electron chi connectivity index (χ2n) is 11.2. The number of nitrogens with zero attached hydrogens (tertiary/aromatic N) is 4. The van der Waals surface area contributed by atoms with Gasteiger partial charge in [-0.05, 0) is 63.9 Å². The zero-order valence-corrected chi connectivity index (χ0v) is 22.0. The Balaban J connectivity index is 1.55. The second kappa shape index (κ2) is 9.57. The maximum Gasteiger partial charge on any atom is 0.276 e. The highest BCUT2D eigenvalue weighted by Crippen LogP contribution is 2.53. The van der Waals surface area contributed by atoms with E-state index in [9.17, 15) is 18.4 Å². The van der Waals surface area contributed by atoms with Crippen molar-refractivity contribution in [3.8, 4) is 5.69 Å². The van der Waals surface area contributed by atoms with Gasteiger partial charge < -0.3 is 21.7 Å². The number of para-hydroxylation sites is 1. The Morgan fingerprint density at radius 1 is 1.13 bits per heavy atom. The Kier molecular flexibility index (Phi) is 6.50. The first-order valence-electron chi connectivity index (χ1n) is 12.7. The van der Waals surface area contributed by atoms with Gasteiger partial charge in [0.1, 0.15) is 11.4 Å². The van der Waals surface area contributed by atoms with Crippen LogP contribution in [0.5, 0.6) is 0 Å². The van der Waals surface area contributed by atoms with Crippen molar-refractivity contribution < 1.29 is 13.6 Å². The average Bonchev–Trinajstić information content (AvgIpc) is 3.57. The minimum atomic E-state index is -0.981. The number of aliphatic imine (C=N–C) groups is 1. The Labute approximate surface area is 224 Å². The second-order valence-corrected chi connectivity index (χ2v) is 11.2. The molecular formula is C28H31F2N7O2. The molecule has 1 amide bonds. The molecule has 204 valence electrons. The van der Waals surface area contributed by atoms with Gasteiger partial charge in [-0.2, -0.15) is 9.78 Å². The largest absolute Gasteiger partial charge is 0.398 e. The number of nitrogens with two attached hydrogens (primary N) is 2. The summed E-state index contributed by atoms with van der Waals surface area (Å²) in [5, 5.41) is 6.82. The molecule has 9 nitrogen and oxygen atoms in total. The molecule has 1 spiro atoms. The van der Waals surface area contributed by atoms with Crippen molar-refractivity contribution in [1.82, 2.24) is 9.78 Å². The third kappa shape index (κ3) is 5.14. The topological polar surface area (TPSA) is 132 Å². The zero-order valence-electron chi connectivity index (χ0n) is 22.0. The molecular weight excluding hydrogens is 504 g/mol. The molecule has 2 aliphatic rings. The summed E-state index contributed by atoms with van der Waals surface area (Å²) in [5.41, 5.74) is 13.2. The van der Waals surface area contributed by atoms with Crippen molar-refractivity contribution >= 4 is 29.2 Å². The number of rotatable bonds is 5. The molecule has 1 aromatic heterocycles. The van der Waals surface area contributed by atoms with Crippen molar-refractivity contribution in [2.24, 2.45) is 16.1 Å². The zero-order chi connectivity index (χ0) is 28.1. The SMILES string of the molecule is CC(C)(C)N=Cc1c(N)ccc(NC(=O)c2ccc(=O)n(-c3c(F)cccc3F)n2)c1N1CC(N)C2(CC2)C1. The molecule has 3 aromatic rings. The summed E-state index contributed by atoms with van der Waals surface area (Å²) in [5.74, 6) is -2.63. The molecule has 1 aliphatic heterocycles. The quantitative estimate of drug-likeness (QED) is 0.339. The van der Waals surface area contributed by atoms with E-state index >= 15 is 0 Å². The van der Waals surface area contributed by atoms with Gasteiger partial charge in [-0.25, -0.2) is 8.78 Å². The van der Waals surface area contributed by atoms with Gasteiger partial charge in [-0.15, -0.1) is 0 Å². The van der Waals surface area contributed by atoms with E-state index in [4.69, 9.17) is 11.5 Å². The first kappa shape index (κ1) is 26.5. The van der Waals surface area contributed by atoms with E-state index in [-0.39, 0.29) is 22.7 Å². The highest BCUT2D eigenvalue weighted by Gasteiger charge is 2.54. The molecule has 2 fully saturated rings. The number of hydrogen-bond donors (Lipinski definition) is 3. The van der Waals surface area contributed by atoms with Crippen LogP contribution >= 0.6 is 0 Å². The maximum atomic E-state index is 14.4. The third-order valence-corrected chi connectivity index (χ3v) is 7.18. The number of anilines is 3. The lowest BCUT2D eigenvalue weighted by Gasteiger charge is -2.26. The minimum absolute atomic E-state index is 0.0178. The smallest absolute Gasteiger partial charge is 0.276 e. The Bertz CT molecular complexity index is 1520. The van der Waals surface area contributed by atoms with Crippen LogP contribution in [0.2, 0.25) is 0 Å². The molecule has 0 radical (unpaired) electrons. The van der Waals surface area contributed by atoms with Crippen LogP contribution in [0.1, 0.15) is 49.7 Å². The van der Waals surface area contributed by atoms with E-state index in [1.54, 1.807) is 18.3 Å². The van der Waals surface area contributed by atoms with Crippen molar-refractivity contribution in [2.75, 3.05) is 29.0 Å². The van der Waals surface area contributed by atoms with Crippen molar-refractivity contribution in [3.63, 3.8) is 0 Å². The summed E-state index contributed by atoms with van der Waals surface area (Å²) in [7, 11) is 0. The van der Waals surface area contributed by atoms with E-state index in [2.05, 4.69) is 20.3 Å². The monoisotopic (exact) mass is 535 g/mol. The lowest BCUT2D eigenvalue weighted by Crippen LogP contribution is -2.31. The highest BCUT2D eigenvalue weighted by molar-refractivity contribution is 6.08. The highest BCUT2D eigenvalue weighted by atomic mass is 19.1. The molecule has 39 heavy (non-hydrogen) atoms. The van der Waals surface area contributed by atoms with Crippen LogP contribution < -0.4 is 27.2 Å². The number of amides is 1. The van der Waals surface area contributed by atoms with Gasteiger partial charge >= 0.3 is 0 Å². The van der Waals surface area contributed by atoms with Crippen LogP contribution in [-0.2, 0) is 0 Å². The normalized spacial score (nSPS) is 18.2. The Morgan fingerprint density at radius 2 is 1.82 bits per heavy atom. The summed E-state index contributed by atoms with van der Waals surface area (Å²) in [6.45, 7) is 7.20. The third-order valence-electron chi connectivity index (χ3n) is 7.18. The fourth-order valence-corrected chi connectivity index (χ4v) is 4.88. The molecule has 1 atom stereocenters. The number of carbonyl (C=O) groups is 1. The van der Waals surface area contributed by atoms with E-state index in [0.717, 1.165) is 31.0 Å². The van der Waals surface area contributed by atoms with Gasteiger partial charge in [0.15, 0.2) is 11.6 Å². The van der Waals surface area contributed by atoms with Crippen LogP contribution in [0.3, 0.4) is 0 Å². The van der Waals surface area contributed by atoms with Gasteiger partial charge in [0.05, 0.1) is 16.9 Å². The predicted molar refractivity (Wildman–Crippen MR) is 148 cm³/mol. The van der Waals surface area contributed by atoms with Crippen molar-refractivity contribution in [3.05, 3.63) is 75.7 Å². The summed E-state index contributed by atoms with van der Waals surface area (Å²) in [4.78, 5) is 32.6. The molecule has 1 saturated carbocycles. The standard InChI is InChI=1S/C28H31F2N7O2/c1-27(2,3)33-13-16-19(31)7-8-20(24(16)36-14-22(32)28(15-36)11-12-28)34-26(39)21-9-10-23(38)37(35-21)25-17(29)5-4-6-18(25)30/h4-10,13,22H,11-12,14-15,31-32H2,1-3H3,(H,34,39). The van der Waals surface area contributed by atoms with E-state index < -0.39 is 28.8 Å². The van der Waals surface area contributed by atoms with E-state index in [0.29, 0.717) is 40.4 Å². The average molecular weight is 536 g/mol. The van der Waals surface area contributed by atoms with Crippen LogP contribution in [0.15, 0.2) is 52.3 Å². The fraction of sp³-hybridized carbons (Fsp3) is 0.357. The number of hydrogen-bond acceptors (Lipinski definition) is 7. The van der Waals surface area contributed by atoms with Crippen LogP contribution in [0.25, 0.3) is 5.69 Å². The molecule has 1 aliphatic carbocycles. The molecule has 5 N–H and O–H groups in total. The van der Waals surface area contributed by atoms with Crippen LogP contribution in [0.4, 0.5) is 25.8 Å². The Hall–Kier alpha value is -4.12. The van der Waals surface area contributed by atoms with Gasteiger partial charge in [-0.1, -0.05) is 6.07 Å². The van der Waals surface area contributed by atoms with Crippen molar-refractivity contribution in [1.29, 1.82) is 0 Å². The van der Waals surface area contributed by atoms with Gasteiger partial charge in [0.2, 0.25) is 0 Å². The number of nitrogens with one attached hydrogen (secondary N) is 1. The van der Waals surface area contributed by atoms with Crippen LogP contribution in [-0.4, -0.2) is 46.6 Å². The first-order valence-corrected chi connectivity index (χ1v) is 12.7. The molecule has 2 heterocycles. The predicted octanol–water partition coefficient (Wildman–Crippen LogP) is 3.49. The number of halogens is 2. The summed E-state index contributed by atoms with van der Waals surface area (Å²) < 4.78 is 29.3. The van der Waals surface area contributed by atoms with Gasteiger partial charge in [0, 0.05) is 48.1 Å². The number of nitrogen functional groups attached to an aromatic ring is 1. The lowest BCUT2D eigenvalue weighted by molar-refractivity contribution is 0.102. The number of carbonyl (C=O) groups excluding carboxylic acids is 1. The number of benzene rings is 2. The lowest BCUT2D eigenvalue weighted by atomic mass is 10.0. The fourth-order valence-electron chi connectivity index (χ4n) is 4.88. The molecule has 0 bridgehead atoms. The maximum absolute atomic E-state index is 14.4. The Morgan fingerprint density at radius 3 is 2.44 bits per heavy atom. The molecule has 1 unspecified atom stereocenters. The first-order chi connectivity index (χ1) is 18.4. The van der Waals surface area contributed by atoms with E-state index in [1.807, 2.05) is 20.8 Å². The summed E-state index contributed by atoms with van der Waals surface area (Å²) in [6, 6.07) is 8.78. The van der Waals surface area contributed by atoms with Gasteiger partial charge in [0.25, 0.3) is 11.5 Å². The minimum Gasteiger partial charge on any atom is -0.398 e. The summed E-state index contributed by atoms with van der Waals surface area (Å²) in [6.07, 6.45) is 3.79. The van der Waals surface area contributed by atoms with Gasteiger partial charge in [-0.3, -0.25) is 14.6 Å². The van der Waals surface area contributed by atoms with E-state index in [1.165, 1.54) is 12.1 Å². The van der Waals surface area contributed by atoms with Crippen molar-refractivity contribution in [2.45, 2.75) is 45.2 Å². The molecule has 11 heteroatoms. The summed E-state index contributed by atoms with van der Waals surface area (Å²) >= 11 is 0. The molecule has 2 aromatic carbocycles.